The van der Waals surface area contributed by atoms with Crippen molar-refractivity contribution in [2.45, 2.75) is 20.5 Å². The van der Waals surface area contributed by atoms with Crippen LogP contribution in [0.15, 0.2) is 18.2 Å². The van der Waals surface area contributed by atoms with Gasteiger partial charge in [0.05, 0.1) is 0 Å². The Morgan fingerprint density at radius 3 is 2.38 bits per heavy atom. The molecule has 0 amide bonds. The molecular weight excluding hydrogens is 290 g/mol. The normalized spacial score (nSPS) is 10.5. The number of ether oxygens (including phenoxy) is 2. The number of benzene rings is 1. The lowest BCUT2D eigenvalue weighted by Crippen LogP contribution is -2.03. The van der Waals surface area contributed by atoms with Crippen LogP contribution in [-0.4, -0.2) is 24.1 Å². The maximum Gasteiger partial charge on any atom is 0.224 e. The van der Waals surface area contributed by atoms with Crippen molar-refractivity contribution in [3.8, 4) is 11.6 Å². The number of halogens is 1. The summed E-state index contributed by atoms with van der Waals surface area (Å²) in [4.78, 5) is 8.63. The highest BCUT2D eigenvalue weighted by Crippen LogP contribution is 2.31. The Morgan fingerprint density at radius 1 is 1.14 bits per heavy atom. The summed E-state index contributed by atoms with van der Waals surface area (Å²) >= 11 is 6.03. The zero-order chi connectivity index (χ0) is 15.4. The fourth-order valence-corrected chi connectivity index (χ4v) is 2.34. The van der Waals surface area contributed by atoms with E-state index >= 15 is 0 Å². The molecule has 112 valence electrons. The maximum atomic E-state index is 6.03. The Morgan fingerprint density at radius 2 is 1.81 bits per heavy atom. The first kappa shape index (κ1) is 15.5. The fraction of sp³-hybridized carbons (Fsp3) is 0.333. The van der Waals surface area contributed by atoms with Crippen molar-refractivity contribution in [1.82, 2.24) is 9.97 Å². The number of nitrogens with zero attached hydrogens (tertiary/aromatic N) is 2. The van der Waals surface area contributed by atoms with Gasteiger partial charge in [0.2, 0.25) is 5.88 Å². The highest BCUT2D eigenvalue weighted by Gasteiger charge is 2.10. The molecule has 0 unspecified atom stereocenters. The van der Waals surface area contributed by atoms with Gasteiger partial charge in [-0.15, -0.1) is 0 Å². The van der Waals surface area contributed by atoms with Gasteiger partial charge in [-0.3, -0.25) is 0 Å². The molecule has 0 bridgehead atoms. The molecule has 2 aromatic rings. The SMILES string of the molecule is CNc1cc(Oc2c(C)cc(Cl)cc2C)nc(COC)n1. The van der Waals surface area contributed by atoms with Crippen molar-refractivity contribution in [2.75, 3.05) is 19.5 Å². The lowest BCUT2D eigenvalue weighted by Gasteiger charge is -2.13. The highest BCUT2D eigenvalue weighted by atomic mass is 35.5. The molecule has 1 heterocycles. The number of anilines is 1. The van der Waals surface area contributed by atoms with Crippen LogP contribution in [0.1, 0.15) is 17.0 Å². The van der Waals surface area contributed by atoms with Gasteiger partial charge in [-0.05, 0) is 37.1 Å². The first-order chi connectivity index (χ1) is 10.0. The summed E-state index contributed by atoms with van der Waals surface area (Å²) in [5, 5.41) is 3.67. The lowest BCUT2D eigenvalue weighted by molar-refractivity contribution is 0.177. The minimum absolute atomic E-state index is 0.324. The van der Waals surface area contributed by atoms with Crippen LogP contribution in [-0.2, 0) is 11.3 Å². The van der Waals surface area contributed by atoms with E-state index in [1.807, 2.05) is 26.0 Å². The van der Waals surface area contributed by atoms with Gasteiger partial charge < -0.3 is 14.8 Å². The molecule has 0 spiro atoms. The van der Waals surface area contributed by atoms with Gasteiger partial charge in [-0.25, -0.2) is 4.98 Å². The Hall–Kier alpha value is -1.85. The fourth-order valence-electron chi connectivity index (χ4n) is 2.01. The number of hydrogen-bond donors (Lipinski definition) is 1. The molecule has 0 radical (unpaired) electrons. The standard InChI is InChI=1S/C15H18ClN3O2/c1-9-5-11(16)6-10(2)15(9)21-14-7-12(17-3)18-13(19-14)8-20-4/h5-7H,8H2,1-4H3,(H,17,18,19). The minimum Gasteiger partial charge on any atom is -0.438 e. The lowest BCUT2D eigenvalue weighted by atomic mass is 10.1. The van der Waals surface area contributed by atoms with Gasteiger partial charge in [0.1, 0.15) is 18.2 Å². The molecular formula is C15H18ClN3O2. The summed E-state index contributed by atoms with van der Waals surface area (Å²) in [5.41, 5.74) is 1.91. The molecule has 1 aromatic heterocycles. The molecule has 0 saturated heterocycles. The van der Waals surface area contributed by atoms with E-state index < -0.39 is 0 Å². The van der Waals surface area contributed by atoms with E-state index in [4.69, 9.17) is 21.1 Å². The number of methoxy groups -OCH3 is 1. The van der Waals surface area contributed by atoms with Crippen molar-refractivity contribution in [2.24, 2.45) is 0 Å². The van der Waals surface area contributed by atoms with E-state index in [0.717, 1.165) is 16.9 Å². The Balaban J connectivity index is 2.37. The molecule has 0 atom stereocenters. The Labute approximate surface area is 129 Å². The predicted octanol–water partition coefficient (Wildman–Crippen LogP) is 3.73. The first-order valence-electron chi connectivity index (χ1n) is 6.52. The quantitative estimate of drug-likeness (QED) is 0.912. The number of hydrogen-bond acceptors (Lipinski definition) is 5. The summed E-state index contributed by atoms with van der Waals surface area (Å²) in [6.45, 7) is 4.22. The zero-order valence-corrected chi connectivity index (χ0v) is 13.3. The van der Waals surface area contributed by atoms with E-state index in [9.17, 15) is 0 Å². The van der Waals surface area contributed by atoms with Crippen LogP contribution >= 0.6 is 11.6 Å². The maximum absolute atomic E-state index is 6.03. The topological polar surface area (TPSA) is 56.3 Å². The van der Waals surface area contributed by atoms with Crippen molar-refractivity contribution >= 4 is 17.4 Å². The third-order valence-corrected chi connectivity index (χ3v) is 3.13. The van der Waals surface area contributed by atoms with E-state index in [2.05, 4.69) is 15.3 Å². The van der Waals surface area contributed by atoms with Crippen LogP contribution in [0.2, 0.25) is 5.02 Å². The van der Waals surface area contributed by atoms with Crippen molar-refractivity contribution in [3.63, 3.8) is 0 Å². The molecule has 0 aliphatic rings. The van der Waals surface area contributed by atoms with Crippen LogP contribution in [0.4, 0.5) is 5.82 Å². The molecule has 1 aromatic carbocycles. The first-order valence-corrected chi connectivity index (χ1v) is 6.90. The largest absolute Gasteiger partial charge is 0.438 e. The second-order valence-electron chi connectivity index (χ2n) is 4.66. The second kappa shape index (κ2) is 6.74. The van der Waals surface area contributed by atoms with Crippen LogP contribution < -0.4 is 10.1 Å². The van der Waals surface area contributed by atoms with Crippen LogP contribution in [0.25, 0.3) is 0 Å². The van der Waals surface area contributed by atoms with E-state index in [1.54, 1.807) is 20.2 Å². The summed E-state index contributed by atoms with van der Waals surface area (Å²) in [6, 6.07) is 5.47. The smallest absolute Gasteiger partial charge is 0.224 e. The van der Waals surface area contributed by atoms with Crippen molar-refractivity contribution in [1.29, 1.82) is 0 Å². The third kappa shape index (κ3) is 3.83. The van der Waals surface area contributed by atoms with Crippen molar-refractivity contribution in [3.05, 3.63) is 40.2 Å². The van der Waals surface area contributed by atoms with Gasteiger partial charge in [-0.1, -0.05) is 11.6 Å². The number of aryl methyl sites for hydroxylation is 2. The third-order valence-electron chi connectivity index (χ3n) is 2.91. The van der Waals surface area contributed by atoms with E-state index in [-0.39, 0.29) is 0 Å². The van der Waals surface area contributed by atoms with Gasteiger partial charge in [0, 0.05) is 25.2 Å². The molecule has 5 nitrogen and oxygen atoms in total. The molecule has 0 saturated carbocycles. The minimum atomic E-state index is 0.324. The van der Waals surface area contributed by atoms with Crippen LogP contribution in [0.3, 0.4) is 0 Å². The summed E-state index contributed by atoms with van der Waals surface area (Å²) < 4.78 is 11.0. The summed E-state index contributed by atoms with van der Waals surface area (Å²) in [6.07, 6.45) is 0. The second-order valence-corrected chi connectivity index (χ2v) is 5.10. The number of rotatable bonds is 5. The number of nitrogens with one attached hydrogen (secondary N) is 1. The van der Waals surface area contributed by atoms with E-state index in [0.29, 0.717) is 29.2 Å². The molecule has 1 N–H and O–H groups in total. The predicted molar refractivity (Wildman–Crippen MR) is 83.3 cm³/mol. The Kier molecular flexibility index (Phi) is 4.98. The summed E-state index contributed by atoms with van der Waals surface area (Å²) in [5.74, 6) is 2.46. The van der Waals surface area contributed by atoms with Gasteiger partial charge >= 0.3 is 0 Å². The molecule has 2 rings (SSSR count). The molecule has 6 heteroatoms. The summed E-state index contributed by atoms with van der Waals surface area (Å²) in [7, 11) is 3.39. The van der Waals surface area contributed by atoms with Crippen LogP contribution in [0.5, 0.6) is 11.6 Å². The van der Waals surface area contributed by atoms with Gasteiger partial charge in [0.15, 0.2) is 5.82 Å². The van der Waals surface area contributed by atoms with Gasteiger partial charge in [-0.2, -0.15) is 4.98 Å². The Bertz CT molecular complexity index is 624. The molecule has 0 aliphatic carbocycles. The zero-order valence-electron chi connectivity index (χ0n) is 12.5. The van der Waals surface area contributed by atoms with Crippen molar-refractivity contribution < 1.29 is 9.47 Å². The molecule has 21 heavy (non-hydrogen) atoms. The van der Waals surface area contributed by atoms with E-state index in [1.165, 1.54) is 0 Å². The van der Waals surface area contributed by atoms with Crippen LogP contribution in [0, 0.1) is 13.8 Å². The number of aromatic nitrogens is 2. The average Bonchev–Trinajstić information content (AvgIpc) is 2.43. The molecule has 0 aliphatic heterocycles. The highest BCUT2D eigenvalue weighted by molar-refractivity contribution is 6.30. The van der Waals surface area contributed by atoms with Gasteiger partial charge in [0.25, 0.3) is 0 Å². The average molecular weight is 308 g/mol. The molecule has 0 fully saturated rings. The monoisotopic (exact) mass is 307 g/mol.